The van der Waals surface area contributed by atoms with Crippen molar-refractivity contribution in [2.45, 2.75) is 24.5 Å². The lowest BCUT2D eigenvalue weighted by Gasteiger charge is -2.24. The number of phenols is 2. The summed E-state index contributed by atoms with van der Waals surface area (Å²) in [5.41, 5.74) is -1.92. The topological polar surface area (TPSA) is 165 Å². The standard InChI is InChI=1S/C16H20O9/c17-9-11(18)8-16(24,15(22)23)5-6-25-14(21)4-2-10-1-3-12(19)13(20)7-10/h1-4,7,11,17-20,24H,5-6,8-9H2,(H,22,23)/t11-,16-/m1/s1. The summed E-state index contributed by atoms with van der Waals surface area (Å²) in [6.07, 6.45) is -0.175. The maximum absolute atomic E-state index is 11.6. The van der Waals surface area contributed by atoms with Gasteiger partial charge >= 0.3 is 11.9 Å². The lowest BCUT2D eigenvalue weighted by Crippen LogP contribution is -2.43. The van der Waals surface area contributed by atoms with Gasteiger partial charge in [0, 0.05) is 18.9 Å². The molecule has 0 aliphatic carbocycles. The summed E-state index contributed by atoms with van der Waals surface area (Å²) in [7, 11) is 0. The molecular weight excluding hydrogens is 336 g/mol. The normalized spacial score (nSPS) is 14.8. The Morgan fingerprint density at radius 3 is 2.48 bits per heavy atom. The van der Waals surface area contributed by atoms with E-state index in [1.54, 1.807) is 0 Å². The van der Waals surface area contributed by atoms with Crippen molar-refractivity contribution < 1.29 is 45.0 Å². The van der Waals surface area contributed by atoms with Crippen LogP contribution in [0.15, 0.2) is 24.3 Å². The lowest BCUT2D eigenvalue weighted by molar-refractivity contribution is -0.166. The van der Waals surface area contributed by atoms with Gasteiger partial charge in [-0.15, -0.1) is 0 Å². The van der Waals surface area contributed by atoms with Crippen molar-refractivity contribution in [3.63, 3.8) is 0 Å². The van der Waals surface area contributed by atoms with E-state index in [1.807, 2.05) is 0 Å². The number of rotatable bonds is 9. The first-order chi connectivity index (χ1) is 11.7. The summed E-state index contributed by atoms with van der Waals surface area (Å²) in [4.78, 5) is 22.6. The summed E-state index contributed by atoms with van der Waals surface area (Å²) in [6, 6.07) is 3.90. The molecule has 9 nitrogen and oxygen atoms in total. The van der Waals surface area contributed by atoms with Gasteiger partial charge in [0.2, 0.25) is 0 Å². The number of carbonyl (C=O) groups excluding carboxylic acids is 1. The molecular formula is C16H20O9. The Labute approximate surface area is 143 Å². The largest absolute Gasteiger partial charge is 0.504 e. The fourth-order valence-electron chi connectivity index (χ4n) is 1.93. The van der Waals surface area contributed by atoms with E-state index in [9.17, 15) is 24.9 Å². The van der Waals surface area contributed by atoms with Crippen LogP contribution in [0.4, 0.5) is 0 Å². The fourth-order valence-corrected chi connectivity index (χ4v) is 1.93. The van der Waals surface area contributed by atoms with E-state index in [1.165, 1.54) is 24.3 Å². The summed E-state index contributed by atoms with van der Waals surface area (Å²) >= 11 is 0. The number of benzene rings is 1. The van der Waals surface area contributed by atoms with E-state index in [2.05, 4.69) is 0 Å². The quantitative estimate of drug-likeness (QED) is 0.196. The average Bonchev–Trinajstić information content (AvgIpc) is 2.55. The van der Waals surface area contributed by atoms with E-state index in [0.29, 0.717) is 5.56 Å². The van der Waals surface area contributed by atoms with Crippen LogP contribution in [0, 0.1) is 0 Å². The highest BCUT2D eigenvalue weighted by molar-refractivity contribution is 5.87. The van der Waals surface area contributed by atoms with Gasteiger partial charge in [-0.3, -0.25) is 0 Å². The van der Waals surface area contributed by atoms with Gasteiger partial charge in [0.15, 0.2) is 17.1 Å². The maximum atomic E-state index is 11.6. The molecule has 1 aromatic rings. The fraction of sp³-hybridized carbons (Fsp3) is 0.375. The molecule has 6 N–H and O–H groups in total. The van der Waals surface area contributed by atoms with Gasteiger partial charge < -0.3 is 35.4 Å². The maximum Gasteiger partial charge on any atom is 0.335 e. The minimum absolute atomic E-state index is 0.308. The van der Waals surface area contributed by atoms with E-state index in [4.69, 9.17) is 20.1 Å². The average molecular weight is 356 g/mol. The van der Waals surface area contributed by atoms with Crippen LogP contribution < -0.4 is 0 Å². The second-order valence-corrected chi connectivity index (χ2v) is 5.38. The smallest absolute Gasteiger partial charge is 0.335 e. The second-order valence-electron chi connectivity index (χ2n) is 5.38. The molecule has 0 fully saturated rings. The van der Waals surface area contributed by atoms with Gasteiger partial charge in [-0.05, 0) is 23.8 Å². The van der Waals surface area contributed by atoms with Gasteiger partial charge in [-0.1, -0.05) is 6.07 Å². The summed E-state index contributed by atoms with van der Waals surface area (Å²) in [6.45, 7) is -1.14. The van der Waals surface area contributed by atoms with Gasteiger partial charge in [0.1, 0.15) is 0 Å². The molecule has 0 saturated heterocycles. The molecule has 0 unspecified atom stereocenters. The Bertz CT molecular complexity index is 640. The highest BCUT2D eigenvalue weighted by atomic mass is 16.5. The number of aliphatic carboxylic acids is 1. The molecule has 2 atom stereocenters. The van der Waals surface area contributed by atoms with E-state index < -0.39 is 49.7 Å². The highest BCUT2D eigenvalue weighted by Crippen LogP contribution is 2.25. The summed E-state index contributed by atoms with van der Waals surface area (Å²) in [5, 5.41) is 55.4. The summed E-state index contributed by atoms with van der Waals surface area (Å²) in [5.74, 6) is -3.09. The number of phenolic OH excluding ortho intramolecular Hbond substituents is 2. The number of hydrogen-bond acceptors (Lipinski definition) is 8. The predicted octanol–water partition coefficient (Wildman–Crippen LogP) is -0.397. The molecule has 25 heavy (non-hydrogen) atoms. The predicted molar refractivity (Wildman–Crippen MR) is 84.7 cm³/mol. The molecule has 0 radical (unpaired) electrons. The van der Waals surface area contributed by atoms with Crippen molar-refractivity contribution in [1.29, 1.82) is 0 Å². The van der Waals surface area contributed by atoms with Gasteiger partial charge in [-0.2, -0.15) is 0 Å². The third-order valence-electron chi connectivity index (χ3n) is 3.35. The van der Waals surface area contributed by atoms with Crippen molar-refractivity contribution in [2.75, 3.05) is 13.2 Å². The molecule has 0 aromatic heterocycles. The van der Waals surface area contributed by atoms with Crippen molar-refractivity contribution in [3.8, 4) is 11.5 Å². The zero-order valence-corrected chi connectivity index (χ0v) is 13.2. The van der Waals surface area contributed by atoms with Crippen LogP contribution in [-0.2, 0) is 14.3 Å². The Morgan fingerprint density at radius 2 is 1.92 bits per heavy atom. The van der Waals surface area contributed by atoms with Gasteiger partial charge in [-0.25, -0.2) is 9.59 Å². The number of aliphatic hydroxyl groups excluding tert-OH is 2. The van der Waals surface area contributed by atoms with Gasteiger partial charge in [0.25, 0.3) is 0 Å². The monoisotopic (exact) mass is 356 g/mol. The lowest BCUT2D eigenvalue weighted by atomic mass is 9.93. The molecule has 0 bridgehead atoms. The van der Waals surface area contributed by atoms with Crippen molar-refractivity contribution in [2.24, 2.45) is 0 Å². The van der Waals surface area contributed by atoms with Crippen LogP contribution in [-0.4, -0.2) is 67.5 Å². The zero-order valence-electron chi connectivity index (χ0n) is 13.2. The van der Waals surface area contributed by atoms with Crippen LogP contribution in [0.2, 0.25) is 0 Å². The summed E-state index contributed by atoms with van der Waals surface area (Å²) < 4.78 is 4.77. The molecule has 138 valence electrons. The first kappa shape index (κ1) is 20.4. The number of esters is 1. The molecule has 0 aliphatic rings. The second kappa shape index (κ2) is 9.02. The third kappa shape index (κ3) is 6.42. The number of hydrogen-bond donors (Lipinski definition) is 6. The molecule has 0 heterocycles. The van der Waals surface area contributed by atoms with Gasteiger partial charge in [0.05, 0.1) is 19.3 Å². The number of ether oxygens (including phenoxy) is 1. The van der Waals surface area contributed by atoms with E-state index in [0.717, 1.165) is 6.08 Å². The zero-order chi connectivity index (χ0) is 19.0. The van der Waals surface area contributed by atoms with Crippen LogP contribution >= 0.6 is 0 Å². The molecule has 1 aromatic carbocycles. The molecule has 9 heteroatoms. The molecule has 1 rings (SSSR count). The Balaban J connectivity index is 2.55. The number of aliphatic hydroxyl groups is 3. The molecule has 0 amide bonds. The minimum Gasteiger partial charge on any atom is -0.504 e. The first-order valence-corrected chi connectivity index (χ1v) is 7.29. The number of carboxylic acids is 1. The van der Waals surface area contributed by atoms with Crippen LogP contribution in [0.3, 0.4) is 0 Å². The van der Waals surface area contributed by atoms with Crippen LogP contribution in [0.25, 0.3) is 6.08 Å². The van der Waals surface area contributed by atoms with Crippen LogP contribution in [0.1, 0.15) is 18.4 Å². The number of aromatic hydroxyl groups is 2. The number of carbonyl (C=O) groups is 2. The van der Waals surface area contributed by atoms with E-state index in [-0.39, 0.29) is 11.5 Å². The van der Waals surface area contributed by atoms with Crippen LogP contribution in [0.5, 0.6) is 11.5 Å². The molecule has 0 spiro atoms. The molecule has 0 saturated carbocycles. The van der Waals surface area contributed by atoms with Crippen molar-refractivity contribution in [1.82, 2.24) is 0 Å². The Kier molecular flexibility index (Phi) is 7.37. The molecule has 0 aliphatic heterocycles. The number of carboxylic acid groups (broad SMARTS) is 1. The van der Waals surface area contributed by atoms with Crippen molar-refractivity contribution >= 4 is 18.0 Å². The van der Waals surface area contributed by atoms with Crippen molar-refractivity contribution in [3.05, 3.63) is 29.8 Å². The van der Waals surface area contributed by atoms with E-state index >= 15 is 0 Å². The first-order valence-electron chi connectivity index (χ1n) is 7.29. The Morgan fingerprint density at radius 1 is 1.24 bits per heavy atom. The minimum atomic E-state index is -2.34. The Hall–Kier alpha value is -2.62. The third-order valence-corrected chi connectivity index (χ3v) is 3.35. The highest BCUT2D eigenvalue weighted by Gasteiger charge is 2.38. The SMILES string of the molecule is O=C(C=Cc1ccc(O)c(O)c1)OCC[C@@](O)(C[C@@H](O)CO)C(=O)O.